The lowest BCUT2D eigenvalue weighted by Crippen LogP contribution is -2.42. The minimum absolute atomic E-state index is 0.00284. The molecule has 254 valence electrons. The fourth-order valence-electron chi connectivity index (χ4n) is 5.63. The average molecular weight is 697 g/mol. The number of rotatable bonds is 12. The third-order valence-electron chi connectivity index (χ3n) is 8.04. The number of aromatic nitrogens is 2. The van der Waals surface area contributed by atoms with Crippen LogP contribution in [-0.4, -0.2) is 40.0 Å². The molecule has 1 atom stereocenters. The van der Waals surface area contributed by atoms with Gasteiger partial charge in [0.1, 0.15) is 34.2 Å². The number of oxazole rings is 1. The lowest BCUT2D eigenvalue weighted by Gasteiger charge is -2.30. The molecule has 4 aromatic carbocycles. The summed E-state index contributed by atoms with van der Waals surface area (Å²) in [5.41, 5.74) is 5.83. The predicted octanol–water partition coefficient (Wildman–Crippen LogP) is 6.50. The van der Waals surface area contributed by atoms with Gasteiger partial charge in [0.25, 0.3) is 5.91 Å². The van der Waals surface area contributed by atoms with Gasteiger partial charge in [-0.05, 0) is 48.4 Å². The van der Waals surface area contributed by atoms with Crippen LogP contribution in [0.15, 0.2) is 101 Å². The number of halogens is 3. The zero-order chi connectivity index (χ0) is 35.4. The van der Waals surface area contributed by atoms with E-state index in [1.165, 1.54) is 6.07 Å². The molecule has 2 heterocycles. The summed E-state index contributed by atoms with van der Waals surface area (Å²) < 4.78 is 41.3. The number of fused-ring (bicyclic) bond motifs is 1. The van der Waals surface area contributed by atoms with Crippen molar-refractivity contribution in [3.63, 3.8) is 0 Å². The van der Waals surface area contributed by atoms with Crippen molar-refractivity contribution in [2.45, 2.75) is 25.4 Å². The van der Waals surface area contributed by atoms with E-state index in [1.54, 1.807) is 55.5 Å². The second-order valence-corrected chi connectivity index (χ2v) is 11.9. The number of nitrogens with one attached hydrogen (secondary N) is 1. The van der Waals surface area contributed by atoms with Crippen LogP contribution >= 0.6 is 11.6 Å². The van der Waals surface area contributed by atoms with Gasteiger partial charge in [0.2, 0.25) is 5.91 Å². The van der Waals surface area contributed by atoms with Crippen LogP contribution in [0.25, 0.3) is 22.4 Å². The number of primary amides is 1. The summed E-state index contributed by atoms with van der Waals surface area (Å²) in [4.78, 5) is 34.9. The van der Waals surface area contributed by atoms with E-state index in [2.05, 4.69) is 15.3 Å². The SMILES string of the molecule is CCOc1c(CC(N)=O)cc([C@@](O)(CNC(=O)c2ccc3nc(Cc4ccccc4)oc3c2)c2ccccc2)nc1-c1cc(Cl)c(F)cc1F. The smallest absolute Gasteiger partial charge is 0.251 e. The van der Waals surface area contributed by atoms with Gasteiger partial charge in [-0.25, -0.2) is 18.7 Å². The number of amides is 2. The van der Waals surface area contributed by atoms with Crippen molar-refractivity contribution < 1.29 is 32.6 Å². The first kappa shape index (κ1) is 34.2. The number of nitrogens with two attached hydrogens (primary N) is 1. The highest BCUT2D eigenvalue weighted by atomic mass is 35.5. The molecule has 0 bridgehead atoms. The molecule has 0 aliphatic rings. The summed E-state index contributed by atoms with van der Waals surface area (Å²) in [5.74, 6) is -2.78. The van der Waals surface area contributed by atoms with Gasteiger partial charge in [0.05, 0.1) is 30.3 Å². The van der Waals surface area contributed by atoms with Crippen LogP contribution in [0.1, 0.15) is 45.6 Å². The molecule has 6 rings (SSSR count). The van der Waals surface area contributed by atoms with Gasteiger partial charge in [0, 0.05) is 29.2 Å². The first-order valence-corrected chi connectivity index (χ1v) is 16.0. The molecule has 4 N–H and O–H groups in total. The number of pyridine rings is 1. The van der Waals surface area contributed by atoms with Crippen molar-refractivity contribution in [2.75, 3.05) is 13.2 Å². The van der Waals surface area contributed by atoms with Crippen molar-refractivity contribution in [2.24, 2.45) is 5.73 Å². The summed E-state index contributed by atoms with van der Waals surface area (Å²) in [5, 5.41) is 14.8. The molecule has 50 heavy (non-hydrogen) atoms. The number of benzene rings is 4. The lowest BCUT2D eigenvalue weighted by atomic mass is 9.87. The summed E-state index contributed by atoms with van der Waals surface area (Å²) in [6, 6.07) is 26.0. The molecule has 0 saturated carbocycles. The molecular weight excluding hydrogens is 666 g/mol. The Labute approximate surface area is 290 Å². The third-order valence-corrected chi connectivity index (χ3v) is 8.33. The summed E-state index contributed by atoms with van der Waals surface area (Å²) in [7, 11) is 0. The molecule has 9 nitrogen and oxygen atoms in total. The zero-order valence-corrected chi connectivity index (χ0v) is 27.5. The number of carbonyl (C=O) groups excluding carboxylic acids is 2. The minimum Gasteiger partial charge on any atom is -0.491 e. The third kappa shape index (κ3) is 7.19. The van der Waals surface area contributed by atoms with Gasteiger partial charge in [-0.2, -0.15) is 0 Å². The molecule has 6 aromatic rings. The molecule has 2 aromatic heterocycles. The van der Waals surface area contributed by atoms with Crippen LogP contribution < -0.4 is 15.8 Å². The Morgan fingerprint density at radius 3 is 2.38 bits per heavy atom. The van der Waals surface area contributed by atoms with Crippen LogP contribution in [0.5, 0.6) is 5.75 Å². The minimum atomic E-state index is -2.04. The molecular formula is C38H31ClF2N4O5. The average Bonchev–Trinajstić information content (AvgIpc) is 3.51. The van der Waals surface area contributed by atoms with E-state index in [-0.39, 0.29) is 51.9 Å². The molecule has 0 spiro atoms. The van der Waals surface area contributed by atoms with E-state index in [4.69, 9.17) is 26.5 Å². The van der Waals surface area contributed by atoms with E-state index in [1.807, 2.05) is 30.3 Å². The number of ether oxygens (including phenoxy) is 1. The van der Waals surface area contributed by atoms with E-state index < -0.39 is 35.6 Å². The largest absolute Gasteiger partial charge is 0.491 e. The van der Waals surface area contributed by atoms with Crippen molar-refractivity contribution in [3.8, 4) is 17.0 Å². The molecule has 0 saturated heterocycles. The van der Waals surface area contributed by atoms with E-state index in [0.29, 0.717) is 35.0 Å². The van der Waals surface area contributed by atoms with Crippen molar-refractivity contribution >= 4 is 34.5 Å². The number of nitrogens with zero attached hydrogens (tertiary/aromatic N) is 2. The maximum atomic E-state index is 15.3. The highest BCUT2D eigenvalue weighted by Gasteiger charge is 2.36. The lowest BCUT2D eigenvalue weighted by molar-refractivity contribution is -0.117. The van der Waals surface area contributed by atoms with E-state index in [0.717, 1.165) is 11.6 Å². The standard InChI is InChI=1S/C38H31ClF2N4O5/c1-2-49-36-24(18-33(42)46)17-32(45-35(36)26-19-27(39)29(41)20-28(26)40)38(48,25-11-7-4-8-12-25)21-43-37(47)23-13-14-30-31(16-23)50-34(44-30)15-22-9-5-3-6-10-22/h3-14,16-17,19-20,48H,2,15,18,21H2,1H3,(H2,42,46)(H,43,47)/t38-/m1/s1. The molecule has 0 radical (unpaired) electrons. The summed E-state index contributed by atoms with van der Waals surface area (Å²) in [6.07, 6.45) is 0.110. The normalized spacial score (nSPS) is 12.4. The van der Waals surface area contributed by atoms with Crippen molar-refractivity contribution in [3.05, 3.63) is 148 Å². The Morgan fingerprint density at radius 2 is 1.68 bits per heavy atom. The predicted molar refractivity (Wildman–Crippen MR) is 184 cm³/mol. The van der Waals surface area contributed by atoms with Gasteiger partial charge in [-0.15, -0.1) is 0 Å². The second-order valence-electron chi connectivity index (χ2n) is 11.5. The first-order valence-electron chi connectivity index (χ1n) is 15.7. The van der Waals surface area contributed by atoms with E-state index in [9.17, 15) is 19.1 Å². The summed E-state index contributed by atoms with van der Waals surface area (Å²) >= 11 is 6.04. The number of hydrogen-bond donors (Lipinski definition) is 3. The Hall–Kier alpha value is -5.65. The molecule has 2 amide bonds. The Kier molecular flexibility index (Phi) is 9.89. The van der Waals surface area contributed by atoms with Crippen LogP contribution in [0.3, 0.4) is 0 Å². The maximum absolute atomic E-state index is 15.3. The molecule has 0 unspecified atom stereocenters. The molecule has 0 aliphatic heterocycles. The zero-order valence-electron chi connectivity index (χ0n) is 26.8. The molecule has 12 heteroatoms. The molecule has 0 aliphatic carbocycles. The molecule has 0 fully saturated rings. The quantitative estimate of drug-likeness (QED) is 0.124. The number of aliphatic hydroxyl groups is 1. The highest BCUT2D eigenvalue weighted by molar-refractivity contribution is 6.31. The Morgan fingerprint density at radius 1 is 0.960 bits per heavy atom. The Balaban J connectivity index is 1.39. The van der Waals surface area contributed by atoms with Gasteiger partial charge in [-0.3, -0.25) is 9.59 Å². The van der Waals surface area contributed by atoms with Gasteiger partial charge >= 0.3 is 0 Å². The van der Waals surface area contributed by atoms with Gasteiger partial charge in [0.15, 0.2) is 11.5 Å². The Bertz CT molecular complexity index is 2200. The van der Waals surface area contributed by atoms with Crippen LogP contribution in [0.2, 0.25) is 5.02 Å². The monoisotopic (exact) mass is 696 g/mol. The van der Waals surface area contributed by atoms with Crippen molar-refractivity contribution in [1.82, 2.24) is 15.3 Å². The number of hydrogen-bond acceptors (Lipinski definition) is 7. The fourth-order valence-corrected chi connectivity index (χ4v) is 5.80. The maximum Gasteiger partial charge on any atom is 0.251 e. The highest BCUT2D eigenvalue weighted by Crippen LogP contribution is 2.39. The second kappa shape index (κ2) is 14.5. The van der Waals surface area contributed by atoms with Crippen molar-refractivity contribution in [1.29, 1.82) is 0 Å². The van der Waals surface area contributed by atoms with Crippen LogP contribution in [-0.2, 0) is 23.2 Å². The number of carbonyl (C=O) groups is 2. The van der Waals surface area contributed by atoms with E-state index >= 15 is 4.39 Å². The van der Waals surface area contributed by atoms with Gasteiger partial charge in [-0.1, -0.05) is 72.3 Å². The first-order chi connectivity index (χ1) is 24.0. The van der Waals surface area contributed by atoms with Crippen LogP contribution in [0.4, 0.5) is 8.78 Å². The van der Waals surface area contributed by atoms with Gasteiger partial charge < -0.3 is 25.3 Å². The fraction of sp³-hybridized carbons (Fsp3) is 0.158. The topological polar surface area (TPSA) is 141 Å². The van der Waals surface area contributed by atoms with Crippen LogP contribution in [0, 0.1) is 11.6 Å². The summed E-state index contributed by atoms with van der Waals surface area (Å²) in [6.45, 7) is 1.36.